The molecule has 0 spiro atoms. The van der Waals surface area contributed by atoms with Crippen molar-refractivity contribution in [3.63, 3.8) is 0 Å². The molecule has 12 nitrogen and oxygen atoms in total. The number of anilines is 3. The number of nitrogens with one attached hydrogen (secondary N) is 1. The molecule has 51 heavy (non-hydrogen) atoms. The van der Waals surface area contributed by atoms with Gasteiger partial charge in [-0.15, -0.1) is 20.4 Å². The van der Waals surface area contributed by atoms with Gasteiger partial charge in [-0.25, -0.2) is 0 Å². The fourth-order valence-corrected chi connectivity index (χ4v) is 7.08. The molecule has 1 aromatic heterocycles. The lowest BCUT2D eigenvalue weighted by atomic mass is 9.81. The van der Waals surface area contributed by atoms with Crippen molar-refractivity contribution in [1.82, 2.24) is 25.3 Å². The topological polar surface area (TPSA) is 128 Å². The Morgan fingerprint density at radius 2 is 1.63 bits per heavy atom. The van der Waals surface area contributed by atoms with Crippen LogP contribution in [0.5, 0.6) is 0 Å². The zero-order chi connectivity index (χ0) is 36.7. The Hall–Kier alpha value is -5.78. The van der Waals surface area contributed by atoms with Crippen molar-refractivity contribution < 1.29 is 19.0 Å². The van der Waals surface area contributed by atoms with Crippen LogP contribution in [0.3, 0.4) is 0 Å². The van der Waals surface area contributed by atoms with Gasteiger partial charge in [-0.3, -0.25) is 19.3 Å². The molecule has 0 radical (unpaired) electrons. The van der Waals surface area contributed by atoms with E-state index in [0.29, 0.717) is 24.6 Å². The summed E-state index contributed by atoms with van der Waals surface area (Å²) < 4.78 is 2.23. The number of nitrogens with zero attached hydrogens (tertiary/aromatic N) is 8. The van der Waals surface area contributed by atoms with Crippen LogP contribution in [0, 0.1) is 6.92 Å². The van der Waals surface area contributed by atoms with Gasteiger partial charge in [0, 0.05) is 85.2 Å². The van der Waals surface area contributed by atoms with E-state index < -0.39 is 0 Å². The number of fused-ring (bicyclic) bond motifs is 2. The van der Waals surface area contributed by atoms with Crippen molar-refractivity contribution in [2.75, 3.05) is 49.3 Å². The fourth-order valence-electron chi connectivity index (χ4n) is 7.08. The van der Waals surface area contributed by atoms with Gasteiger partial charge in [0.05, 0.1) is 11.8 Å². The van der Waals surface area contributed by atoms with E-state index in [1.807, 2.05) is 25.2 Å². The lowest BCUT2D eigenvalue weighted by Gasteiger charge is -2.24. The largest absolute Gasteiger partial charge is 0.373 e. The molecular weight excluding hydrogens is 642 g/mol. The van der Waals surface area contributed by atoms with E-state index in [9.17, 15) is 14.4 Å². The zero-order valence-electron chi connectivity index (χ0n) is 30.4. The second-order valence-corrected chi connectivity index (χ2v) is 14.2. The van der Waals surface area contributed by atoms with Gasteiger partial charge in [0.2, 0.25) is 11.6 Å². The highest BCUT2D eigenvalue weighted by atomic mass is 16.2. The molecule has 3 aliphatic rings. The number of aromatic nitrogens is 4. The maximum absolute atomic E-state index is 12.7. The van der Waals surface area contributed by atoms with Crippen LogP contribution in [0.25, 0.3) is 0 Å². The van der Waals surface area contributed by atoms with Crippen molar-refractivity contribution >= 4 is 46.2 Å². The number of allylic oxidation sites excluding steroid dienone is 6. The van der Waals surface area contributed by atoms with Crippen molar-refractivity contribution in [2.24, 2.45) is 0 Å². The number of carbonyl (C=O) groups is 3. The van der Waals surface area contributed by atoms with E-state index in [-0.39, 0.29) is 40.8 Å². The van der Waals surface area contributed by atoms with E-state index in [1.54, 1.807) is 6.92 Å². The number of hydrogen-bond donors (Lipinski definition) is 1. The summed E-state index contributed by atoms with van der Waals surface area (Å²) in [6.07, 6.45) is 13.1. The van der Waals surface area contributed by atoms with Gasteiger partial charge in [0.25, 0.3) is 11.8 Å². The molecule has 3 aromatic rings. The number of benzene rings is 2. The average Bonchev–Trinajstić information content (AvgIpc) is 3.58. The maximum atomic E-state index is 12.7. The summed E-state index contributed by atoms with van der Waals surface area (Å²) in [6, 6.07) is 12.4. The average molecular weight is 687 g/mol. The summed E-state index contributed by atoms with van der Waals surface area (Å²) in [6.45, 7) is 11.4. The minimum Gasteiger partial charge on any atom is -0.373 e. The highest BCUT2D eigenvalue weighted by Crippen LogP contribution is 2.48. The zero-order valence-corrected chi connectivity index (χ0v) is 30.4. The number of carbonyl (C=O) groups excluding carboxylic acids is 3. The van der Waals surface area contributed by atoms with E-state index in [2.05, 4.69) is 130 Å². The SMILES string of the molecule is Cc1nnc(CC(=O)Nc2ccc3c(c2)C(C)(C)\C(=C/C=C/C=C/C2=[N+](C)c4ccc(N(C)CCN5C(=O)C=CC5=O)cc4C2(C)C)N3C)nn1. The quantitative estimate of drug-likeness (QED) is 0.186. The summed E-state index contributed by atoms with van der Waals surface area (Å²) in [4.78, 5) is 42.2. The third kappa shape index (κ3) is 6.73. The molecule has 4 heterocycles. The third-order valence-corrected chi connectivity index (χ3v) is 10.0. The Balaban J connectivity index is 1.11. The molecular formula is C39H44N9O3+. The molecule has 3 amide bonds. The van der Waals surface area contributed by atoms with Crippen molar-refractivity contribution in [3.05, 3.63) is 107 Å². The van der Waals surface area contributed by atoms with Gasteiger partial charge in [0.1, 0.15) is 7.05 Å². The van der Waals surface area contributed by atoms with Crippen LogP contribution in [0.4, 0.5) is 22.7 Å². The molecule has 6 rings (SSSR count). The van der Waals surface area contributed by atoms with Crippen molar-refractivity contribution in [3.8, 4) is 0 Å². The maximum Gasteiger partial charge on any atom is 0.253 e. The van der Waals surface area contributed by atoms with Crippen LogP contribution in [-0.4, -0.2) is 87.5 Å². The molecule has 0 aliphatic carbocycles. The normalized spacial score (nSPS) is 18.2. The van der Waals surface area contributed by atoms with Crippen LogP contribution >= 0.6 is 0 Å². The monoisotopic (exact) mass is 686 g/mol. The Morgan fingerprint density at radius 1 is 0.922 bits per heavy atom. The molecule has 262 valence electrons. The lowest BCUT2D eigenvalue weighted by Crippen LogP contribution is -2.37. The van der Waals surface area contributed by atoms with Gasteiger partial charge in [-0.2, -0.15) is 4.58 Å². The number of imide groups is 1. The standard InChI is InChI=1S/C39H43N9O3/c1-25-41-43-34(44-42-25)24-35(49)40-26-14-16-30-28(22-26)38(2,3)32(46(30)7)12-10-9-11-13-33-39(4,5)29-23-27(15-17-31(29)47(33)8)45(6)20-21-48-36(50)18-19-37(48)51/h9-19,22-23H,20-21,24H2,1-8H3/p+1. The van der Waals surface area contributed by atoms with Crippen molar-refractivity contribution in [1.29, 1.82) is 0 Å². The second kappa shape index (κ2) is 13.5. The van der Waals surface area contributed by atoms with E-state index in [4.69, 9.17) is 0 Å². The lowest BCUT2D eigenvalue weighted by molar-refractivity contribution is -0.401. The van der Waals surface area contributed by atoms with Crippen LogP contribution in [0.1, 0.15) is 50.5 Å². The molecule has 3 aliphatic heterocycles. The summed E-state index contributed by atoms with van der Waals surface area (Å²) in [5.74, 6) is -0.0201. The molecule has 0 saturated heterocycles. The first-order chi connectivity index (χ1) is 24.2. The molecule has 1 N–H and O–H groups in total. The Morgan fingerprint density at radius 3 is 2.33 bits per heavy atom. The highest BCUT2D eigenvalue weighted by molar-refractivity contribution is 6.12. The first-order valence-corrected chi connectivity index (χ1v) is 17.0. The Bertz CT molecular complexity index is 2060. The van der Waals surface area contributed by atoms with Crippen LogP contribution < -0.4 is 15.1 Å². The van der Waals surface area contributed by atoms with Crippen LogP contribution in [0.2, 0.25) is 0 Å². The van der Waals surface area contributed by atoms with Gasteiger partial charge in [0.15, 0.2) is 17.4 Å². The number of aryl methyl sites for hydroxylation is 1. The third-order valence-electron chi connectivity index (χ3n) is 10.0. The molecule has 2 aromatic carbocycles. The molecule has 0 unspecified atom stereocenters. The number of likely N-dealkylation sites (N-methyl/N-ethyl adjacent to an activating group) is 2. The summed E-state index contributed by atoms with van der Waals surface area (Å²) in [5.41, 5.74) is 8.10. The second-order valence-electron chi connectivity index (χ2n) is 14.2. The number of rotatable bonds is 10. The predicted molar refractivity (Wildman–Crippen MR) is 198 cm³/mol. The van der Waals surface area contributed by atoms with Crippen molar-refractivity contribution in [2.45, 2.75) is 51.9 Å². The van der Waals surface area contributed by atoms with E-state index in [1.165, 1.54) is 28.3 Å². The first kappa shape index (κ1) is 35.1. The number of hydrogen-bond acceptors (Lipinski definition) is 9. The smallest absolute Gasteiger partial charge is 0.253 e. The molecule has 0 atom stereocenters. The van der Waals surface area contributed by atoms with E-state index in [0.717, 1.165) is 28.3 Å². The van der Waals surface area contributed by atoms with Gasteiger partial charge in [-0.05, 0) is 62.7 Å². The van der Waals surface area contributed by atoms with Gasteiger partial charge in [-0.1, -0.05) is 32.1 Å². The van der Waals surface area contributed by atoms with E-state index >= 15 is 0 Å². The molecule has 0 fully saturated rings. The highest BCUT2D eigenvalue weighted by Gasteiger charge is 2.43. The van der Waals surface area contributed by atoms with Gasteiger partial charge < -0.3 is 15.1 Å². The minimum absolute atomic E-state index is 0.00790. The summed E-state index contributed by atoms with van der Waals surface area (Å²) in [5, 5.41) is 18.6. The predicted octanol–water partition coefficient (Wildman–Crippen LogP) is 4.55. The molecule has 12 heteroatoms. The molecule has 0 saturated carbocycles. The minimum atomic E-state index is -0.294. The summed E-state index contributed by atoms with van der Waals surface area (Å²) >= 11 is 0. The fraction of sp³-hybridized carbons (Fsp3) is 0.333. The Labute approximate surface area is 298 Å². The van der Waals surface area contributed by atoms with Gasteiger partial charge >= 0.3 is 0 Å². The first-order valence-electron chi connectivity index (χ1n) is 17.0. The molecule has 0 bridgehead atoms. The Kier molecular flexibility index (Phi) is 9.28. The summed E-state index contributed by atoms with van der Waals surface area (Å²) in [7, 11) is 6.13. The number of amides is 3. The van der Waals surface area contributed by atoms with Crippen LogP contribution in [0.15, 0.2) is 84.6 Å². The van der Waals surface area contributed by atoms with Crippen LogP contribution in [-0.2, 0) is 31.6 Å².